The predicted octanol–water partition coefficient (Wildman–Crippen LogP) is 3.87. The zero-order chi connectivity index (χ0) is 16.7. The van der Waals surface area contributed by atoms with Crippen molar-refractivity contribution in [2.75, 3.05) is 12.8 Å². The zero-order valence-corrected chi connectivity index (χ0v) is 13.3. The minimum Gasteiger partial charge on any atom is -0.497 e. The summed E-state index contributed by atoms with van der Waals surface area (Å²) in [4.78, 5) is 12.7. The number of allylic oxidation sites excluding steroid dienone is 1. The van der Waals surface area contributed by atoms with E-state index in [1.165, 1.54) is 0 Å². The van der Waals surface area contributed by atoms with Gasteiger partial charge in [-0.2, -0.15) is 0 Å². The summed E-state index contributed by atoms with van der Waals surface area (Å²) in [5, 5.41) is 0.589. The van der Waals surface area contributed by atoms with Crippen molar-refractivity contribution in [3.05, 3.63) is 69.6 Å². The largest absolute Gasteiger partial charge is 0.497 e. The molecule has 1 aromatic heterocycles. The Balaban J connectivity index is 1.87. The molecule has 0 spiro atoms. The second kappa shape index (κ2) is 5.57. The third-order valence-electron chi connectivity index (χ3n) is 4.38. The van der Waals surface area contributed by atoms with Crippen LogP contribution in [0.25, 0.3) is 22.6 Å². The SMILES string of the molecule is COc1cccc(C=C2CCc3c2oc2cc(N)ccc2c3=O)c1. The Kier molecular flexibility index (Phi) is 3.38. The summed E-state index contributed by atoms with van der Waals surface area (Å²) in [6.07, 6.45) is 3.54. The van der Waals surface area contributed by atoms with Gasteiger partial charge in [0.05, 0.1) is 12.5 Å². The standard InChI is InChI=1S/C20H17NO3/c1-23-15-4-2-3-12(10-15)9-13-5-7-17-19(22)16-8-6-14(21)11-18(16)24-20(13)17/h2-4,6,8-11H,5,7,21H2,1H3. The number of anilines is 1. The van der Waals surface area contributed by atoms with E-state index in [9.17, 15) is 4.79 Å². The van der Waals surface area contributed by atoms with E-state index in [1.54, 1.807) is 25.3 Å². The predicted molar refractivity (Wildman–Crippen MR) is 96.1 cm³/mol. The maximum absolute atomic E-state index is 12.7. The number of methoxy groups -OCH3 is 1. The molecule has 120 valence electrons. The van der Waals surface area contributed by atoms with E-state index in [-0.39, 0.29) is 5.43 Å². The maximum Gasteiger partial charge on any atom is 0.196 e. The zero-order valence-electron chi connectivity index (χ0n) is 13.3. The molecule has 0 unspecified atom stereocenters. The highest BCUT2D eigenvalue weighted by atomic mass is 16.5. The van der Waals surface area contributed by atoms with Crippen molar-refractivity contribution in [3.8, 4) is 5.75 Å². The molecule has 1 aliphatic carbocycles. The summed E-state index contributed by atoms with van der Waals surface area (Å²) >= 11 is 0. The Bertz CT molecular complexity index is 1030. The van der Waals surface area contributed by atoms with Crippen LogP contribution >= 0.6 is 0 Å². The first-order chi connectivity index (χ1) is 11.7. The first-order valence-electron chi connectivity index (χ1n) is 7.86. The average molecular weight is 319 g/mol. The Labute approximate surface area is 139 Å². The monoisotopic (exact) mass is 319 g/mol. The van der Waals surface area contributed by atoms with Gasteiger partial charge < -0.3 is 14.9 Å². The fourth-order valence-corrected chi connectivity index (χ4v) is 3.18. The number of hydrogen-bond donors (Lipinski definition) is 1. The number of benzene rings is 2. The third-order valence-corrected chi connectivity index (χ3v) is 4.38. The molecule has 0 atom stereocenters. The van der Waals surface area contributed by atoms with Gasteiger partial charge in [0.25, 0.3) is 0 Å². The molecule has 2 aromatic carbocycles. The van der Waals surface area contributed by atoms with E-state index >= 15 is 0 Å². The molecule has 3 aromatic rings. The van der Waals surface area contributed by atoms with Gasteiger partial charge in [0.1, 0.15) is 17.1 Å². The first kappa shape index (κ1) is 14.6. The van der Waals surface area contributed by atoms with Crippen LogP contribution in [0.4, 0.5) is 5.69 Å². The van der Waals surface area contributed by atoms with Gasteiger partial charge in [-0.15, -0.1) is 0 Å². The Hall–Kier alpha value is -3.01. The normalized spacial score (nSPS) is 15.0. The second-order valence-electron chi connectivity index (χ2n) is 5.94. The third kappa shape index (κ3) is 2.36. The van der Waals surface area contributed by atoms with Crippen LogP contribution in [0.3, 0.4) is 0 Å². The van der Waals surface area contributed by atoms with Gasteiger partial charge in [-0.25, -0.2) is 0 Å². The molecule has 0 saturated heterocycles. The molecule has 1 heterocycles. The van der Waals surface area contributed by atoms with Gasteiger partial charge in [0.2, 0.25) is 0 Å². The Morgan fingerprint density at radius 2 is 2.04 bits per heavy atom. The fourth-order valence-electron chi connectivity index (χ4n) is 3.18. The van der Waals surface area contributed by atoms with Crippen LogP contribution in [-0.4, -0.2) is 7.11 Å². The maximum atomic E-state index is 12.7. The lowest BCUT2D eigenvalue weighted by Crippen LogP contribution is -2.08. The summed E-state index contributed by atoms with van der Waals surface area (Å²) in [6, 6.07) is 13.0. The number of nitrogen functional groups attached to an aromatic ring is 1. The van der Waals surface area contributed by atoms with Gasteiger partial charge >= 0.3 is 0 Å². The number of rotatable bonds is 2. The summed E-state index contributed by atoms with van der Waals surface area (Å²) in [5.74, 6) is 1.48. The van der Waals surface area contributed by atoms with Crippen LogP contribution in [0.1, 0.15) is 23.3 Å². The topological polar surface area (TPSA) is 65.5 Å². The lowest BCUT2D eigenvalue weighted by molar-refractivity contribution is 0.414. The van der Waals surface area contributed by atoms with Crippen molar-refractivity contribution < 1.29 is 9.15 Å². The van der Waals surface area contributed by atoms with Crippen LogP contribution in [0, 0.1) is 0 Å². The van der Waals surface area contributed by atoms with E-state index in [4.69, 9.17) is 14.9 Å². The molecule has 0 saturated carbocycles. The molecular weight excluding hydrogens is 302 g/mol. The number of nitrogens with two attached hydrogens (primary N) is 1. The molecular formula is C20H17NO3. The van der Waals surface area contributed by atoms with Crippen LogP contribution in [0.15, 0.2) is 51.7 Å². The lowest BCUT2D eigenvalue weighted by atomic mass is 10.1. The minimum atomic E-state index is 0.0419. The van der Waals surface area contributed by atoms with Gasteiger partial charge in [-0.3, -0.25) is 4.79 Å². The van der Waals surface area contributed by atoms with Gasteiger partial charge in [-0.1, -0.05) is 12.1 Å². The van der Waals surface area contributed by atoms with Crippen molar-refractivity contribution in [2.45, 2.75) is 12.8 Å². The molecule has 2 N–H and O–H groups in total. The van der Waals surface area contributed by atoms with Crippen molar-refractivity contribution in [3.63, 3.8) is 0 Å². The van der Waals surface area contributed by atoms with E-state index in [0.29, 0.717) is 28.8 Å². The number of hydrogen-bond acceptors (Lipinski definition) is 4. The fraction of sp³-hybridized carbons (Fsp3) is 0.150. The lowest BCUT2D eigenvalue weighted by Gasteiger charge is -2.05. The minimum absolute atomic E-state index is 0.0419. The molecule has 1 aliphatic rings. The Morgan fingerprint density at radius 1 is 1.17 bits per heavy atom. The van der Waals surface area contributed by atoms with Crippen LogP contribution in [-0.2, 0) is 6.42 Å². The molecule has 4 rings (SSSR count). The number of fused-ring (bicyclic) bond motifs is 2. The average Bonchev–Trinajstić information content (AvgIpc) is 2.98. The molecule has 24 heavy (non-hydrogen) atoms. The Morgan fingerprint density at radius 3 is 2.88 bits per heavy atom. The molecule has 0 radical (unpaired) electrons. The number of ether oxygens (including phenoxy) is 1. The highest BCUT2D eigenvalue weighted by molar-refractivity contribution is 5.88. The highest BCUT2D eigenvalue weighted by Crippen LogP contribution is 2.34. The van der Waals surface area contributed by atoms with Crippen molar-refractivity contribution >= 4 is 28.3 Å². The summed E-state index contributed by atoms with van der Waals surface area (Å²) in [6.45, 7) is 0. The second-order valence-corrected chi connectivity index (χ2v) is 5.94. The van der Waals surface area contributed by atoms with E-state index in [1.807, 2.05) is 24.3 Å². The van der Waals surface area contributed by atoms with Crippen LogP contribution in [0.5, 0.6) is 5.75 Å². The molecule has 4 heteroatoms. The van der Waals surface area contributed by atoms with E-state index in [2.05, 4.69) is 6.08 Å². The van der Waals surface area contributed by atoms with Gasteiger partial charge in [-0.05, 0) is 54.3 Å². The van der Waals surface area contributed by atoms with Gasteiger partial charge in [0, 0.05) is 17.3 Å². The van der Waals surface area contributed by atoms with Crippen LogP contribution < -0.4 is 15.9 Å². The molecule has 0 amide bonds. The molecule has 4 nitrogen and oxygen atoms in total. The van der Waals surface area contributed by atoms with Crippen molar-refractivity contribution in [1.29, 1.82) is 0 Å². The van der Waals surface area contributed by atoms with Crippen molar-refractivity contribution in [2.24, 2.45) is 0 Å². The quantitative estimate of drug-likeness (QED) is 0.728. The summed E-state index contributed by atoms with van der Waals surface area (Å²) < 4.78 is 11.3. The van der Waals surface area contributed by atoms with Gasteiger partial charge in [0.15, 0.2) is 5.43 Å². The summed E-state index contributed by atoms with van der Waals surface area (Å²) in [7, 11) is 1.65. The first-order valence-corrected chi connectivity index (χ1v) is 7.86. The molecule has 0 aliphatic heterocycles. The highest BCUT2D eigenvalue weighted by Gasteiger charge is 2.23. The van der Waals surface area contributed by atoms with Crippen molar-refractivity contribution in [1.82, 2.24) is 0 Å². The van der Waals surface area contributed by atoms with E-state index < -0.39 is 0 Å². The van der Waals surface area contributed by atoms with E-state index in [0.717, 1.165) is 28.9 Å². The molecule has 0 bridgehead atoms. The smallest absolute Gasteiger partial charge is 0.196 e. The van der Waals surface area contributed by atoms with Crippen LogP contribution in [0.2, 0.25) is 0 Å². The molecule has 0 fully saturated rings. The summed E-state index contributed by atoms with van der Waals surface area (Å²) in [5.41, 5.74) is 9.78.